The summed E-state index contributed by atoms with van der Waals surface area (Å²) in [6.45, 7) is 9.97. The minimum Gasteiger partial charge on any atom is -0.507 e. The van der Waals surface area contributed by atoms with Crippen LogP contribution in [0.25, 0.3) is 5.57 Å². The Hall–Kier alpha value is -2.29. The van der Waals surface area contributed by atoms with Gasteiger partial charge in [0.2, 0.25) is 0 Å². The highest BCUT2D eigenvalue weighted by atomic mass is 16.5. The monoisotopic (exact) mass is 310 g/mol. The molecule has 0 heterocycles. The summed E-state index contributed by atoms with van der Waals surface area (Å²) in [5, 5.41) is 10.9. The lowest BCUT2D eigenvalue weighted by Crippen LogP contribution is -2.44. The Morgan fingerprint density at radius 2 is 2.00 bits per heavy atom. The molecule has 0 fully saturated rings. The van der Waals surface area contributed by atoms with Gasteiger partial charge in [0.25, 0.3) is 0 Å². The molecule has 0 unspecified atom stereocenters. The Bertz CT molecular complexity index is 784. The van der Waals surface area contributed by atoms with Gasteiger partial charge in [0, 0.05) is 11.0 Å². The molecule has 0 saturated carbocycles. The largest absolute Gasteiger partial charge is 0.507 e. The molecule has 0 aromatic heterocycles. The number of rotatable bonds is 2. The van der Waals surface area contributed by atoms with E-state index >= 15 is 0 Å². The minimum absolute atomic E-state index is 0.0261. The summed E-state index contributed by atoms with van der Waals surface area (Å²) in [6, 6.07) is 5.76. The van der Waals surface area contributed by atoms with Gasteiger partial charge in [0.15, 0.2) is 5.78 Å². The molecule has 1 N–H and O–H groups in total. The second kappa shape index (κ2) is 4.85. The second-order valence-corrected chi connectivity index (χ2v) is 6.70. The molecule has 2 aliphatic carbocycles. The SMILES string of the molecule is C=C1C(O)=C2[C@](C)(CC)C(=O)C=C[C@]2(C)c2cc(OC)ccc21. The highest BCUT2D eigenvalue weighted by Crippen LogP contribution is 2.56. The van der Waals surface area contributed by atoms with E-state index in [0.717, 1.165) is 22.4 Å². The smallest absolute Gasteiger partial charge is 0.165 e. The lowest BCUT2D eigenvalue weighted by molar-refractivity contribution is -0.122. The van der Waals surface area contributed by atoms with Crippen LogP contribution in [0.5, 0.6) is 5.75 Å². The number of ether oxygens (including phenoxy) is 1. The van der Waals surface area contributed by atoms with Crippen LogP contribution in [0, 0.1) is 5.41 Å². The predicted octanol–water partition coefficient (Wildman–Crippen LogP) is 4.35. The van der Waals surface area contributed by atoms with E-state index in [9.17, 15) is 9.90 Å². The molecule has 1 aromatic rings. The third-order valence-corrected chi connectivity index (χ3v) is 5.52. The summed E-state index contributed by atoms with van der Waals surface area (Å²) >= 11 is 0. The van der Waals surface area contributed by atoms with E-state index in [1.807, 2.05) is 45.0 Å². The molecule has 0 spiro atoms. The van der Waals surface area contributed by atoms with Crippen molar-refractivity contribution in [3.8, 4) is 5.75 Å². The number of benzene rings is 1. The Balaban J connectivity index is 2.39. The fourth-order valence-corrected chi connectivity index (χ4v) is 3.91. The van der Waals surface area contributed by atoms with E-state index in [0.29, 0.717) is 12.0 Å². The van der Waals surface area contributed by atoms with Gasteiger partial charge >= 0.3 is 0 Å². The topological polar surface area (TPSA) is 46.5 Å². The molecule has 0 amide bonds. The van der Waals surface area contributed by atoms with Crippen LogP contribution in [-0.2, 0) is 10.2 Å². The Morgan fingerprint density at radius 1 is 1.30 bits per heavy atom. The van der Waals surface area contributed by atoms with Crippen molar-refractivity contribution in [2.75, 3.05) is 7.11 Å². The number of hydrogen-bond donors (Lipinski definition) is 1. The van der Waals surface area contributed by atoms with Crippen LogP contribution in [0.2, 0.25) is 0 Å². The number of methoxy groups -OCH3 is 1. The van der Waals surface area contributed by atoms with Gasteiger partial charge in [-0.1, -0.05) is 25.6 Å². The zero-order valence-electron chi connectivity index (χ0n) is 14.1. The van der Waals surface area contributed by atoms with Crippen LogP contribution >= 0.6 is 0 Å². The predicted molar refractivity (Wildman–Crippen MR) is 91.6 cm³/mol. The van der Waals surface area contributed by atoms with Crippen molar-refractivity contribution in [3.05, 3.63) is 59.4 Å². The molecule has 120 valence electrons. The number of ketones is 1. The Labute approximate surface area is 137 Å². The average Bonchev–Trinajstić information content (AvgIpc) is 2.56. The zero-order valence-corrected chi connectivity index (χ0v) is 14.1. The molecule has 23 heavy (non-hydrogen) atoms. The third kappa shape index (κ3) is 1.86. The van der Waals surface area contributed by atoms with Crippen molar-refractivity contribution in [2.24, 2.45) is 5.41 Å². The van der Waals surface area contributed by atoms with Crippen LogP contribution in [-0.4, -0.2) is 18.0 Å². The maximum atomic E-state index is 12.5. The molecular weight excluding hydrogens is 288 g/mol. The van der Waals surface area contributed by atoms with Gasteiger partial charge < -0.3 is 9.84 Å². The molecule has 0 radical (unpaired) electrons. The van der Waals surface area contributed by atoms with Crippen molar-refractivity contribution < 1.29 is 14.6 Å². The average molecular weight is 310 g/mol. The van der Waals surface area contributed by atoms with Crippen molar-refractivity contribution in [1.29, 1.82) is 0 Å². The van der Waals surface area contributed by atoms with Crippen LogP contribution < -0.4 is 4.74 Å². The maximum Gasteiger partial charge on any atom is 0.165 e. The maximum absolute atomic E-state index is 12.5. The third-order valence-electron chi connectivity index (χ3n) is 5.52. The van der Waals surface area contributed by atoms with Gasteiger partial charge in [0.1, 0.15) is 11.5 Å². The molecule has 0 aliphatic heterocycles. The molecule has 0 bridgehead atoms. The number of aliphatic hydroxyl groups excluding tert-OH is 1. The summed E-state index contributed by atoms with van der Waals surface area (Å²) in [5.74, 6) is 0.924. The number of carbonyl (C=O) groups is 1. The van der Waals surface area contributed by atoms with E-state index in [4.69, 9.17) is 4.74 Å². The van der Waals surface area contributed by atoms with E-state index < -0.39 is 10.8 Å². The molecule has 1 aromatic carbocycles. The molecular formula is C20H22O3. The molecule has 3 nitrogen and oxygen atoms in total. The highest BCUT2D eigenvalue weighted by Gasteiger charge is 2.51. The van der Waals surface area contributed by atoms with Gasteiger partial charge in [-0.15, -0.1) is 0 Å². The summed E-state index contributed by atoms with van der Waals surface area (Å²) in [4.78, 5) is 12.5. The summed E-state index contributed by atoms with van der Waals surface area (Å²) in [7, 11) is 1.63. The van der Waals surface area contributed by atoms with E-state index in [2.05, 4.69) is 6.58 Å². The van der Waals surface area contributed by atoms with Crippen molar-refractivity contribution in [2.45, 2.75) is 32.6 Å². The van der Waals surface area contributed by atoms with E-state index in [1.54, 1.807) is 13.2 Å². The first-order valence-electron chi connectivity index (χ1n) is 7.85. The molecule has 2 atom stereocenters. The molecule has 3 heteroatoms. The minimum atomic E-state index is -0.725. The number of allylic oxidation sites excluding steroid dienone is 4. The summed E-state index contributed by atoms with van der Waals surface area (Å²) in [5.41, 5.74) is 1.94. The van der Waals surface area contributed by atoms with Crippen molar-refractivity contribution in [3.63, 3.8) is 0 Å². The number of aliphatic hydroxyl groups is 1. The fourth-order valence-electron chi connectivity index (χ4n) is 3.91. The molecule has 3 rings (SSSR count). The standard InChI is InChI=1S/C20H22O3/c1-6-19(3)16(21)9-10-20(4)15-11-13(23-5)7-8-14(15)12(2)17(22)18(19)20/h7-11,22H,2,6H2,1,3-5H3/t19-,20-/m1/s1. The first-order chi connectivity index (χ1) is 10.8. The van der Waals surface area contributed by atoms with Gasteiger partial charge in [-0.3, -0.25) is 4.79 Å². The van der Waals surface area contributed by atoms with Gasteiger partial charge in [-0.05, 0) is 55.2 Å². The van der Waals surface area contributed by atoms with Gasteiger partial charge in [-0.2, -0.15) is 0 Å². The van der Waals surface area contributed by atoms with Crippen LogP contribution in [0.3, 0.4) is 0 Å². The van der Waals surface area contributed by atoms with Gasteiger partial charge in [-0.25, -0.2) is 0 Å². The van der Waals surface area contributed by atoms with Crippen LogP contribution in [0.4, 0.5) is 0 Å². The summed E-state index contributed by atoms with van der Waals surface area (Å²) < 4.78 is 5.37. The first kappa shape index (κ1) is 15.6. The zero-order chi connectivity index (χ0) is 17.0. The van der Waals surface area contributed by atoms with E-state index in [1.165, 1.54) is 0 Å². The molecule has 0 saturated heterocycles. The lowest BCUT2D eigenvalue weighted by Gasteiger charge is -2.47. The number of hydrogen-bond acceptors (Lipinski definition) is 3. The Kier molecular flexibility index (Phi) is 3.29. The molecule has 2 aliphatic rings. The second-order valence-electron chi connectivity index (χ2n) is 6.70. The Morgan fingerprint density at radius 3 is 2.61 bits per heavy atom. The number of fused-ring (bicyclic) bond motifs is 3. The van der Waals surface area contributed by atoms with Crippen molar-refractivity contribution >= 4 is 11.4 Å². The van der Waals surface area contributed by atoms with E-state index in [-0.39, 0.29) is 11.5 Å². The first-order valence-corrected chi connectivity index (χ1v) is 7.85. The van der Waals surface area contributed by atoms with Gasteiger partial charge in [0.05, 0.1) is 12.5 Å². The van der Waals surface area contributed by atoms with Crippen LogP contribution in [0.15, 0.2) is 48.3 Å². The highest BCUT2D eigenvalue weighted by molar-refractivity contribution is 6.01. The summed E-state index contributed by atoms with van der Waals surface area (Å²) in [6.07, 6.45) is 4.17. The lowest BCUT2D eigenvalue weighted by atomic mass is 9.55. The van der Waals surface area contributed by atoms with Crippen LogP contribution in [0.1, 0.15) is 38.3 Å². The normalized spacial score (nSPS) is 29.4. The van der Waals surface area contributed by atoms with Crippen molar-refractivity contribution in [1.82, 2.24) is 0 Å². The quantitative estimate of drug-likeness (QED) is 0.883. The number of carbonyl (C=O) groups excluding carboxylic acids is 1. The fraction of sp³-hybridized carbons (Fsp3) is 0.350.